The first-order valence-electron chi connectivity index (χ1n) is 7.24. The molecule has 0 atom stereocenters. The number of carbonyl (C=O) groups is 1. The molecule has 0 heterocycles. The minimum atomic E-state index is 0.0276. The normalized spacial score (nSPS) is 15.7. The zero-order valence-corrected chi connectivity index (χ0v) is 12.5. The Bertz CT molecular complexity index is 438. The zero-order chi connectivity index (χ0) is 13.7. The van der Waals surface area contributed by atoms with Crippen molar-refractivity contribution in [1.29, 1.82) is 0 Å². The molecule has 0 saturated heterocycles. The predicted molar refractivity (Wildman–Crippen MR) is 82.0 cm³/mol. The van der Waals surface area contributed by atoms with Crippen molar-refractivity contribution in [2.45, 2.75) is 50.3 Å². The molecule has 0 radical (unpaired) electrons. The molecular formula is C16H23NOS. The molecule has 0 bridgehead atoms. The van der Waals surface area contributed by atoms with Crippen molar-refractivity contribution in [2.24, 2.45) is 5.92 Å². The van der Waals surface area contributed by atoms with E-state index in [1.165, 1.54) is 32.1 Å². The second-order valence-electron chi connectivity index (χ2n) is 5.55. The first-order chi connectivity index (χ1) is 9.16. The number of thiol groups is 1. The van der Waals surface area contributed by atoms with Crippen LogP contribution in [-0.4, -0.2) is 12.5 Å². The van der Waals surface area contributed by atoms with Crippen LogP contribution in [0.25, 0.3) is 0 Å². The Balaban J connectivity index is 1.75. The molecule has 1 fully saturated rings. The van der Waals surface area contributed by atoms with E-state index in [9.17, 15) is 4.79 Å². The van der Waals surface area contributed by atoms with E-state index in [1.807, 2.05) is 25.1 Å². The molecule has 19 heavy (non-hydrogen) atoms. The number of rotatable bonds is 5. The smallest absolute Gasteiger partial charge is 0.251 e. The van der Waals surface area contributed by atoms with Gasteiger partial charge < -0.3 is 5.32 Å². The van der Waals surface area contributed by atoms with Gasteiger partial charge in [-0.25, -0.2) is 0 Å². The van der Waals surface area contributed by atoms with E-state index in [4.69, 9.17) is 0 Å². The Morgan fingerprint density at radius 3 is 2.84 bits per heavy atom. The Morgan fingerprint density at radius 1 is 1.37 bits per heavy atom. The highest BCUT2D eigenvalue weighted by molar-refractivity contribution is 7.80. The van der Waals surface area contributed by atoms with Gasteiger partial charge in [-0.15, -0.1) is 12.6 Å². The monoisotopic (exact) mass is 277 g/mol. The lowest BCUT2D eigenvalue weighted by Gasteiger charge is -2.10. The van der Waals surface area contributed by atoms with E-state index in [1.54, 1.807) is 0 Å². The van der Waals surface area contributed by atoms with Crippen molar-refractivity contribution in [3.8, 4) is 0 Å². The Morgan fingerprint density at radius 2 is 2.11 bits per heavy atom. The van der Waals surface area contributed by atoms with Crippen molar-refractivity contribution >= 4 is 18.5 Å². The molecule has 1 saturated carbocycles. The maximum Gasteiger partial charge on any atom is 0.251 e. The zero-order valence-electron chi connectivity index (χ0n) is 11.6. The van der Waals surface area contributed by atoms with Crippen LogP contribution in [0, 0.1) is 12.8 Å². The topological polar surface area (TPSA) is 29.1 Å². The van der Waals surface area contributed by atoms with Crippen LogP contribution in [0.5, 0.6) is 0 Å². The highest BCUT2D eigenvalue weighted by Crippen LogP contribution is 2.28. The van der Waals surface area contributed by atoms with Gasteiger partial charge in [0.05, 0.1) is 0 Å². The predicted octanol–water partition coefficient (Wildman–Crippen LogP) is 3.98. The summed E-state index contributed by atoms with van der Waals surface area (Å²) in [7, 11) is 0. The lowest BCUT2D eigenvalue weighted by Crippen LogP contribution is -2.25. The van der Waals surface area contributed by atoms with Gasteiger partial charge in [-0.2, -0.15) is 0 Å². The van der Waals surface area contributed by atoms with Crippen LogP contribution in [0.3, 0.4) is 0 Å². The SMILES string of the molecule is Cc1ccc(S)cc1C(=O)NCCCC1CCCC1. The third-order valence-electron chi connectivity index (χ3n) is 4.02. The summed E-state index contributed by atoms with van der Waals surface area (Å²) >= 11 is 4.28. The highest BCUT2D eigenvalue weighted by atomic mass is 32.1. The Labute approximate surface area is 121 Å². The van der Waals surface area contributed by atoms with Gasteiger partial charge in [0, 0.05) is 17.0 Å². The standard InChI is InChI=1S/C16H23NOS/c1-12-8-9-14(19)11-15(12)16(18)17-10-4-7-13-5-2-3-6-13/h8-9,11,13,19H,2-7,10H2,1H3,(H,17,18). The number of hydrogen-bond donors (Lipinski definition) is 2. The van der Waals surface area contributed by atoms with Crippen LogP contribution in [0.2, 0.25) is 0 Å². The van der Waals surface area contributed by atoms with Gasteiger partial charge in [-0.05, 0) is 43.4 Å². The maximum absolute atomic E-state index is 12.1. The lowest BCUT2D eigenvalue weighted by molar-refractivity contribution is 0.0951. The molecule has 0 aromatic heterocycles. The third-order valence-corrected chi connectivity index (χ3v) is 4.29. The third kappa shape index (κ3) is 4.27. The summed E-state index contributed by atoms with van der Waals surface area (Å²) in [5.41, 5.74) is 1.75. The molecule has 3 heteroatoms. The Hall–Kier alpha value is -0.960. The second kappa shape index (κ2) is 6.99. The van der Waals surface area contributed by atoms with Gasteiger partial charge in [0.15, 0.2) is 0 Å². The fourth-order valence-corrected chi connectivity index (χ4v) is 3.05. The van der Waals surface area contributed by atoms with E-state index in [2.05, 4.69) is 17.9 Å². The van der Waals surface area contributed by atoms with Gasteiger partial charge in [-0.1, -0.05) is 31.7 Å². The number of hydrogen-bond acceptors (Lipinski definition) is 2. The van der Waals surface area contributed by atoms with Gasteiger partial charge in [0.1, 0.15) is 0 Å². The first kappa shape index (κ1) is 14.4. The molecule has 1 aromatic carbocycles. The molecule has 2 nitrogen and oxygen atoms in total. The van der Waals surface area contributed by atoms with Crippen LogP contribution >= 0.6 is 12.6 Å². The van der Waals surface area contributed by atoms with E-state index in [0.717, 1.165) is 34.9 Å². The van der Waals surface area contributed by atoms with Crippen molar-refractivity contribution < 1.29 is 4.79 Å². The average Bonchev–Trinajstić information content (AvgIpc) is 2.90. The minimum absolute atomic E-state index is 0.0276. The number of benzene rings is 1. The van der Waals surface area contributed by atoms with Gasteiger partial charge in [0.2, 0.25) is 0 Å². The van der Waals surface area contributed by atoms with Crippen molar-refractivity contribution in [2.75, 3.05) is 6.54 Å². The molecule has 1 aliphatic carbocycles. The van der Waals surface area contributed by atoms with Crippen LogP contribution in [-0.2, 0) is 0 Å². The number of carbonyl (C=O) groups excluding carboxylic acids is 1. The van der Waals surface area contributed by atoms with Crippen molar-refractivity contribution in [3.05, 3.63) is 29.3 Å². The van der Waals surface area contributed by atoms with Crippen molar-refractivity contribution in [1.82, 2.24) is 5.32 Å². The van der Waals surface area contributed by atoms with Crippen LogP contribution in [0.15, 0.2) is 23.1 Å². The Kier molecular flexibility index (Phi) is 5.32. The molecule has 0 unspecified atom stereocenters. The number of nitrogens with one attached hydrogen (secondary N) is 1. The first-order valence-corrected chi connectivity index (χ1v) is 7.69. The number of amides is 1. The largest absolute Gasteiger partial charge is 0.352 e. The van der Waals surface area contributed by atoms with Gasteiger partial charge in [-0.3, -0.25) is 4.79 Å². The minimum Gasteiger partial charge on any atom is -0.352 e. The van der Waals surface area contributed by atoms with Crippen molar-refractivity contribution in [3.63, 3.8) is 0 Å². The van der Waals surface area contributed by atoms with Crippen LogP contribution in [0.1, 0.15) is 54.4 Å². The van der Waals surface area contributed by atoms with E-state index >= 15 is 0 Å². The summed E-state index contributed by atoms with van der Waals surface area (Å²) < 4.78 is 0. The number of aryl methyl sites for hydroxylation is 1. The molecule has 0 spiro atoms. The summed E-state index contributed by atoms with van der Waals surface area (Å²) in [4.78, 5) is 12.9. The summed E-state index contributed by atoms with van der Waals surface area (Å²) in [6.45, 7) is 2.74. The maximum atomic E-state index is 12.1. The van der Waals surface area contributed by atoms with E-state index in [-0.39, 0.29) is 5.91 Å². The molecule has 104 valence electrons. The molecule has 1 amide bonds. The molecule has 1 aliphatic rings. The van der Waals surface area contributed by atoms with Crippen LogP contribution in [0.4, 0.5) is 0 Å². The summed E-state index contributed by atoms with van der Waals surface area (Å²) in [6.07, 6.45) is 7.90. The molecule has 0 aliphatic heterocycles. The summed E-state index contributed by atoms with van der Waals surface area (Å²) in [6, 6.07) is 5.69. The molecular weight excluding hydrogens is 254 g/mol. The fourth-order valence-electron chi connectivity index (χ4n) is 2.84. The lowest BCUT2D eigenvalue weighted by atomic mass is 10.0. The quantitative estimate of drug-likeness (QED) is 0.618. The molecule has 1 N–H and O–H groups in total. The molecule has 1 aromatic rings. The molecule has 2 rings (SSSR count). The van der Waals surface area contributed by atoms with Gasteiger partial charge in [0.25, 0.3) is 5.91 Å². The van der Waals surface area contributed by atoms with E-state index in [0.29, 0.717) is 0 Å². The summed E-state index contributed by atoms with van der Waals surface area (Å²) in [5.74, 6) is 0.930. The van der Waals surface area contributed by atoms with Gasteiger partial charge >= 0.3 is 0 Å². The van der Waals surface area contributed by atoms with Crippen LogP contribution < -0.4 is 5.32 Å². The highest BCUT2D eigenvalue weighted by Gasteiger charge is 2.14. The van der Waals surface area contributed by atoms with E-state index < -0.39 is 0 Å². The second-order valence-corrected chi connectivity index (χ2v) is 6.06. The fraction of sp³-hybridized carbons (Fsp3) is 0.562. The average molecular weight is 277 g/mol. The summed E-state index contributed by atoms with van der Waals surface area (Å²) in [5, 5.41) is 3.02.